The Balaban J connectivity index is 1.60. The van der Waals surface area contributed by atoms with Crippen LogP contribution in [0.3, 0.4) is 0 Å². The zero-order valence-corrected chi connectivity index (χ0v) is 16.0. The van der Waals surface area contributed by atoms with Crippen molar-refractivity contribution in [2.45, 2.75) is 19.9 Å². The number of hydrogen-bond acceptors (Lipinski definition) is 3. The summed E-state index contributed by atoms with van der Waals surface area (Å²) in [5, 5.41) is 2.79. The van der Waals surface area contributed by atoms with Gasteiger partial charge in [-0.1, -0.05) is 6.07 Å². The van der Waals surface area contributed by atoms with Crippen LogP contribution in [0.1, 0.15) is 37.7 Å². The molecule has 4 rings (SSSR count). The lowest BCUT2D eigenvalue weighted by Gasteiger charge is -2.28. The Morgan fingerprint density at radius 2 is 1.96 bits per heavy atom. The Labute approximate surface area is 162 Å². The molecule has 8 nitrogen and oxygen atoms in total. The van der Waals surface area contributed by atoms with Crippen LogP contribution < -0.4 is 16.0 Å². The summed E-state index contributed by atoms with van der Waals surface area (Å²) in [6, 6.07) is 7.13. The maximum absolute atomic E-state index is 13.1. The third-order valence-electron chi connectivity index (χ3n) is 5.58. The molecule has 2 aromatic rings. The quantitative estimate of drug-likeness (QED) is 0.834. The molecule has 1 aromatic carbocycles. The van der Waals surface area contributed by atoms with Crippen LogP contribution in [-0.4, -0.2) is 46.9 Å². The van der Waals surface area contributed by atoms with Crippen molar-refractivity contribution in [3.8, 4) is 0 Å². The smallest absolute Gasteiger partial charge is 0.322 e. The summed E-state index contributed by atoms with van der Waals surface area (Å²) in [5.41, 5.74) is 10.1. The standard InChI is InChI=1S/C20H23N5O3/c1-12-3-4-14(10-15(12)25-8-6-22-20(25)28)19(27)24-7-5-13-9-16(18(21)26)23(2)17(13)11-24/h3-4,9-10H,5-8,11H2,1-2H3,(H2,21,26)(H,22,28). The lowest BCUT2D eigenvalue weighted by atomic mass is 10.0. The zero-order valence-electron chi connectivity index (χ0n) is 16.0. The molecule has 0 bridgehead atoms. The molecule has 0 spiro atoms. The molecule has 146 valence electrons. The number of primary amides is 1. The molecule has 4 amide bonds. The lowest BCUT2D eigenvalue weighted by molar-refractivity contribution is 0.0730. The Bertz CT molecular complexity index is 994. The first kappa shape index (κ1) is 18.1. The molecule has 1 saturated heterocycles. The van der Waals surface area contributed by atoms with Gasteiger partial charge in [0.05, 0.1) is 6.54 Å². The van der Waals surface area contributed by atoms with Gasteiger partial charge in [0.25, 0.3) is 11.8 Å². The van der Waals surface area contributed by atoms with Gasteiger partial charge in [-0.2, -0.15) is 0 Å². The number of carbonyl (C=O) groups is 3. The molecular formula is C20H23N5O3. The van der Waals surface area contributed by atoms with Gasteiger partial charge in [-0.3, -0.25) is 14.5 Å². The molecule has 0 unspecified atom stereocenters. The van der Waals surface area contributed by atoms with E-state index in [0.29, 0.717) is 43.9 Å². The predicted octanol–water partition coefficient (Wildman–Crippen LogP) is 1.16. The lowest BCUT2D eigenvalue weighted by Crippen LogP contribution is -2.36. The van der Waals surface area contributed by atoms with Gasteiger partial charge in [0.15, 0.2) is 0 Å². The summed E-state index contributed by atoms with van der Waals surface area (Å²) < 4.78 is 1.77. The van der Waals surface area contributed by atoms with Crippen LogP contribution in [0.4, 0.5) is 10.5 Å². The molecule has 0 radical (unpaired) electrons. The largest absolute Gasteiger partial charge is 0.364 e. The van der Waals surface area contributed by atoms with E-state index in [4.69, 9.17) is 5.73 Å². The topological polar surface area (TPSA) is 101 Å². The van der Waals surface area contributed by atoms with E-state index in [9.17, 15) is 14.4 Å². The number of fused-ring (bicyclic) bond motifs is 1. The summed E-state index contributed by atoms with van der Waals surface area (Å²) in [7, 11) is 1.79. The fourth-order valence-corrected chi connectivity index (χ4v) is 3.97. The summed E-state index contributed by atoms with van der Waals surface area (Å²) >= 11 is 0. The number of benzene rings is 1. The van der Waals surface area contributed by atoms with Crippen molar-refractivity contribution < 1.29 is 14.4 Å². The Morgan fingerprint density at radius 3 is 2.64 bits per heavy atom. The number of carbonyl (C=O) groups excluding carboxylic acids is 3. The number of nitrogens with zero attached hydrogens (tertiary/aromatic N) is 3. The van der Waals surface area contributed by atoms with Crippen LogP contribution in [-0.2, 0) is 20.0 Å². The number of rotatable bonds is 3. The maximum atomic E-state index is 13.1. The van der Waals surface area contributed by atoms with E-state index in [2.05, 4.69) is 5.32 Å². The van der Waals surface area contributed by atoms with E-state index in [1.54, 1.807) is 33.5 Å². The van der Waals surface area contributed by atoms with Gasteiger partial charge in [0.2, 0.25) is 0 Å². The molecule has 8 heteroatoms. The molecule has 0 saturated carbocycles. The van der Waals surface area contributed by atoms with Gasteiger partial charge in [0.1, 0.15) is 5.69 Å². The van der Waals surface area contributed by atoms with Crippen LogP contribution in [0.25, 0.3) is 0 Å². The van der Waals surface area contributed by atoms with Crippen LogP contribution in [0.2, 0.25) is 0 Å². The maximum Gasteiger partial charge on any atom is 0.322 e. The van der Waals surface area contributed by atoms with Crippen molar-refractivity contribution in [2.24, 2.45) is 12.8 Å². The van der Waals surface area contributed by atoms with Gasteiger partial charge >= 0.3 is 6.03 Å². The Kier molecular flexibility index (Phi) is 4.33. The summed E-state index contributed by atoms with van der Waals surface area (Å²) in [6.45, 7) is 4.11. The van der Waals surface area contributed by atoms with Gasteiger partial charge in [-0.25, -0.2) is 4.79 Å². The molecule has 2 aliphatic rings. The molecule has 0 atom stereocenters. The fraction of sp³-hybridized carbons (Fsp3) is 0.350. The third kappa shape index (κ3) is 2.90. The Hall–Kier alpha value is -3.29. The number of amides is 4. The van der Waals surface area contributed by atoms with E-state index < -0.39 is 5.91 Å². The first-order chi connectivity index (χ1) is 13.4. The monoisotopic (exact) mass is 381 g/mol. The first-order valence-electron chi connectivity index (χ1n) is 9.29. The van der Waals surface area contributed by atoms with Gasteiger partial charge < -0.3 is 20.5 Å². The van der Waals surface area contributed by atoms with Crippen molar-refractivity contribution in [1.82, 2.24) is 14.8 Å². The minimum absolute atomic E-state index is 0.0895. The minimum atomic E-state index is -0.471. The van der Waals surface area contributed by atoms with E-state index in [1.165, 1.54) is 0 Å². The van der Waals surface area contributed by atoms with Crippen molar-refractivity contribution >= 4 is 23.5 Å². The highest BCUT2D eigenvalue weighted by Crippen LogP contribution is 2.27. The van der Waals surface area contributed by atoms with Crippen LogP contribution in [0.15, 0.2) is 24.3 Å². The first-order valence-corrected chi connectivity index (χ1v) is 9.29. The number of nitrogens with one attached hydrogen (secondary N) is 1. The third-order valence-corrected chi connectivity index (χ3v) is 5.58. The van der Waals surface area contributed by atoms with Crippen molar-refractivity contribution in [3.63, 3.8) is 0 Å². The number of urea groups is 1. The van der Waals surface area contributed by atoms with E-state index in [-0.39, 0.29) is 11.9 Å². The highest BCUT2D eigenvalue weighted by molar-refractivity contribution is 5.99. The number of aromatic nitrogens is 1. The number of aryl methyl sites for hydroxylation is 1. The fourth-order valence-electron chi connectivity index (χ4n) is 3.97. The van der Waals surface area contributed by atoms with Crippen molar-refractivity contribution in [2.75, 3.05) is 24.5 Å². The predicted molar refractivity (Wildman–Crippen MR) is 104 cm³/mol. The van der Waals surface area contributed by atoms with Gasteiger partial charge in [-0.15, -0.1) is 0 Å². The van der Waals surface area contributed by atoms with Gasteiger partial charge in [0, 0.05) is 43.6 Å². The van der Waals surface area contributed by atoms with E-state index in [0.717, 1.165) is 22.5 Å². The van der Waals surface area contributed by atoms with Crippen molar-refractivity contribution in [1.29, 1.82) is 0 Å². The van der Waals surface area contributed by atoms with Crippen molar-refractivity contribution in [3.05, 3.63) is 52.3 Å². The average Bonchev–Trinajstić information content (AvgIpc) is 3.25. The number of anilines is 1. The van der Waals surface area contributed by atoms with Crippen LogP contribution in [0, 0.1) is 6.92 Å². The molecule has 3 N–H and O–H groups in total. The second-order valence-corrected chi connectivity index (χ2v) is 7.29. The highest BCUT2D eigenvalue weighted by Gasteiger charge is 2.28. The Morgan fingerprint density at radius 1 is 1.18 bits per heavy atom. The SMILES string of the molecule is Cc1ccc(C(=O)N2CCc3cc(C(N)=O)n(C)c3C2)cc1N1CCNC1=O. The van der Waals surface area contributed by atoms with Crippen LogP contribution in [0.5, 0.6) is 0 Å². The molecule has 0 aliphatic carbocycles. The molecule has 28 heavy (non-hydrogen) atoms. The number of hydrogen-bond donors (Lipinski definition) is 2. The summed E-state index contributed by atoms with van der Waals surface area (Å²) in [5.74, 6) is -0.560. The highest BCUT2D eigenvalue weighted by atomic mass is 16.2. The molecule has 3 heterocycles. The van der Waals surface area contributed by atoms with E-state index >= 15 is 0 Å². The molecular weight excluding hydrogens is 358 g/mol. The second-order valence-electron chi connectivity index (χ2n) is 7.29. The second kappa shape index (κ2) is 6.70. The molecule has 1 aromatic heterocycles. The normalized spacial score (nSPS) is 16.1. The number of nitrogens with two attached hydrogens (primary N) is 1. The van der Waals surface area contributed by atoms with E-state index in [1.807, 2.05) is 19.1 Å². The molecule has 1 fully saturated rings. The summed E-state index contributed by atoms with van der Waals surface area (Å²) in [4.78, 5) is 40.2. The zero-order chi connectivity index (χ0) is 20.0. The van der Waals surface area contributed by atoms with Crippen LogP contribution >= 0.6 is 0 Å². The minimum Gasteiger partial charge on any atom is -0.364 e. The van der Waals surface area contributed by atoms with Gasteiger partial charge in [-0.05, 0) is 42.7 Å². The summed E-state index contributed by atoms with van der Waals surface area (Å²) in [6.07, 6.45) is 0.676. The average molecular weight is 381 g/mol. The molecule has 2 aliphatic heterocycles.